The maximum Gasteiger partial charge on any atom is 0.408 e. The Kier molecular flexibility index (Phi) is 16.9. The van der Waals surface area contributed by atoms with Gasteiger partial charge in [0.05, 0.1) is 64.6 Å². The van der Waals surface area contributed by atoms with Crippen LogP contribution in [0.2, 0.25) is 0 Å². The van der Waals surface area contributed by atoms with Crippen LogP contribution >= 0.6 is 0 Å². The van der Waals surface area contributed by atoms with Crippen molar-refractivity contribution in [3.63, 3.8) is 0 Å². The summed E-state index contributed by atoms with van der Waals surface area (Å²) in [6, 6.07) is 30.9. The Morgan fingerprint density at radius 3 is 1.74 bits per heavy atom. The fraction of sp³-hybridized carbons (Fsp3) is 0.290. The van der Waals surface area contributed by atoms with Gasteiger partial charge in [-0.3, -0.25) is 4.68 Å². The third-order valence-corrected chi connectivity index (χ3v) is 16.9. The molecule has 5 aromatic carbocycles. The van der Waals surface area contributed by atoms with Gasteiger partial charge < -0.3 is 34.6 Å². The molecule has 0 spiro atoms. The highest BCUT2D eigenvalue weighted by atomic mass is 19.4. The lowest BCUT2D eigenvalue weighted by Crippen LogP contribution is -2.39. The molecule has 466 valence electrons. The maximum absolute atomic E-state index is 14.4. The van der Waals surface area contributed by atoms with Gasteiger partial charge in [-0.25, -0.2) is 38.3 Å². The Hall–Kier alpha value is -9.96. The number of hydrogen-bond donors (Lipinski definition) is 3. The van der Waals surface area contributed by atoms with Crippen molar-refractivity contribution in [2.45, 2.75) is 119 Å². The summed E-state index contributed by atoms with van der Waals surface area (Å²) in [6.45, 7) is 13.4. The van der Waals surface area contributed by atoms with Crippen molar-refractivity contribution in [1.82, 2.24) is 49.8 Å². The van der Waals surface area contributed by atoms with Crippen LogP contribution in [-0.4, -0.2) is 92.7 Å². The van der Waals surface area contributed by atoms with E-state index in [2.05, 4.69) is 32.1 Å². The number of urea groups is 2. The summed E-state index contributed by atoms with van der Waals surface area (Å²) < 4.78 is 78.7. The SMILES string of the molecule is CCc1cc(NC(=O)N2CCc3nc(-c4c(C)noc4C)nc(-c4ccc(Cc5onc(C)c5-c5nc6c(c(-c7ccccc7C)n5)CN(C(=O)Nc5cc(CC)cc(-c7cnn(CC(F)(F)F)c7)c5)CC6)cc4C)c3C2)cc(-c2ccc([C@@H](O)C(F)F)cc2)c1. The summed E-state index contributed by atoms with van der Waals surface area (Å²) in [5.41, 5.74) is 17.2. The maximum atomic E-state index is 14.4. The molecule has 2 aliphatic rings. The number of alkyl halides is 5. The van der Waals surface area contributed by atoms with Crippen molar-refractivity contribution in [3.05, 3.63) is 194 Å². The molecule has 7 heterocycles. The second-order valence-electron chi connectivity index (χ2n) is 23.2. The van der Waals surface area contributed by atoms with E-state index in [9.17, 15) is 36.6 Å². The van der Waals surface area contributed by atoms with E-state index < -0.39 is 25.3 Å². The number of fused-ring (bicyclic) bond motifs is 2. The van der Waals surface area contributed by atoms with Crippen LogP contribution in [0.15, 0.2) is 125 Å². The molecule has 3 N–H and O–H groups in total. The summed E-state index contributed by atoms with van der Waals surface area (Å²) in [7, 11) is 0. The van der Waals surface area contributed by atoms with Crippen LogP contribution in [-0.2, 0) is 51.7 Å². The lowest BCUT2D eigenvalue weighted by Gasteiger charge is -2.30. The van der Waals surface area contributed by atoms with Gasteiger partial charge in [0.15, 0.2) is 17.4 Å². The summed E-state index contributed by atoms with van der Waals surface area (Å²) in [6.07, 6.45) is -4.02. The lowest BCUT2D eigenvalue weighted by atomic mass is 9.93. The van der Waals surface area contributed by atoms with Crippen molar-refractivity contribution in [1.29, 1.82) is 0 Å². The van der Waals surface area contributed by atoms with Gasteiger partial charge in [0.1, 0.15) is 18.4 Å². The molecule has 0 aliphatic carbocycles. The minimum Gasteiger partial charge on any atom is -0.382 e. The van der Waals surface area contributed by atoms with Crippen molar-refractivity contribution < 1.29 is 45.7 Å². The molecular formula is C69H65F5N12O5. The summed E-state index contributed by atoms with van der Waals surface area (Å²) in [4.78, 5) is 52.9. The first-order valence-electron chi connectivity index (χ1n) is 30.1. The number of rotatable bonds is 15. The van der Waals surface area contributed by atoms with E-state index in [4.69, 9.17) is 29.0 Å². The highest BCUT2D eigenvalue weighted by Crippen LogP contribution is 2.39. The first kappa shape index (κ1) is 61.3. The van der Waals surface area contributed by atoms with Gasteiger partial charge in [-0.2, -0.15) is 18.3 Å². The van der Waals surface area contributed by atoms with E-state index >= 15 is 0 Å². The standard InChI is InChI=1S/C69H65F5N12O5/c1-8-42-25-47(45-15-17-46(18-16-45)63(87)64(70)71)30-50(27-42)76-67(88)85-22-20-56-55(35-85)62(80-65(78-56)59-39(5)82-90-41(59)7)53-19-14-44(24-38(53)4)29-58-60(40(6)83-91-58)66-79-57-21-23-84(34-54(57)61(81-66)52-13-11-10-12-37(52)3)68(89)77-51-28-43(9-2)26-48(31-51)49-32-75-86(33-49)36-69(72,73)74/h10-19,24-28,30-33,63-64,87H,8-9,20-23,29,34-36H2,1-7H3,(H,76,88)(H,77,89)/t63-/m1/s1. The fourth-order valence-electron chi connectivity index (χ4n) is 12.1. The van der Waals surface area contributed by atoms with Crippen LogP contribution < -0.4 is 10.6 Å². The molecule has 4 amide bonds. The molecular weight excluding hydrogens is 1170 g/mol. The monoisotopic (exact) mass is 1240 g/mol. The number of aromatic nitrogens is 8. The first-order valence-corrected chi connectivity index (χ1v) is 30.1. The number of carbonyl (C=O) groups is 2. The number of benzene rings is 5. The quantitative estimate of drug-likeness (QED) is 0.0820. The number of carbonyl (C=O) groups excluding carboxylic acids is 2. The van der Waals surface area contributed by atoms with Crippen LogP contribution in [0.3, 0.4) is 0 Å². The van der Waals surface area contributed by atoms with E-state index in [1.165, 1.54) is 24.5 Å². The van der Waals surface area contributed by atoms with Gasteiger partial charge in [0, 0.05) is 77.7 Å². The van der Waals surface area contributed by atoms with E-state index in [1.807, 2.05) is 115 Å². The number of nitrogens with one attached hydrogen (secondary N) is 2. The minimum absolute atomic E-state index is 0.111. The number of aryl methyl sites for hydroxylation is 7. The normalized spacial score (nSPS) is 13.6. The fourth-order valence-corrected chi connectivity index (χ4v) is 12.1. The van der Waals surface area contributed by atoms with E-state index in [0.29, 0.717) is 125 Å². The molecule has 2 aliphatic heterocycles. The smallest absolute Gasteiger partial charge is 0.382 e. The number of aliphatic hydroxyl groups excluding tert-OH is 1. The Morgan fingerprint density at radius 1 is 0.626 bits per heavy atom. The summed E-state index contributed by atoms with van der Waals surface area (Å²) in [5, 5.41) is 28.7. The summed E-state index contributed by atoms with van der Waals surface area (Å²) in [5.74, 6) is 2.03. The van der Waals surface area contributed by atoms with E-state index in [1.54, 1.807) is 28.0 Å². The topological polar surface area (TPSA) is 206 Å². The van der Waals surface area contributed by atoms with Gasteiger partial charge in [-0.1, -0.05) is 103 Å². The van der Waals surface area contributed by atoms with Gasteiger partial charge in [-0.15, -0.1) is 0 Å². The predicted octanol–water partition coefficient (Wildman–Crippen LogP) is 14.7. The third-order valence-electron chi connectivity index (χ3n) is 16.9. The van der Waals surface area contributed by atoms with Gasteiger partial charge in [-0.05, 0) is 122 Å². The second kappa shape index (κ2) is 25.1. The molecule has 22 heteroatoms. The van der Waals surface area contributed by atoms with Crippen molar-refractivity contribution in [3.8, 4) is 67.5 Å². The molecule has 0 saturated heterocycles. The molecule has 91 heavy (non-hydrogen) atoms. The number of anilines is 2. The Bertz CT molecular complexity index is 4400. The molecule has 0 fully saturated rings. The molecule has 1 atom stereocenters. The largest absolute Gasteiger partial charge is 0.408 e. The van der Waals surface area contributed by atoms with E-state index in [0.717, 1.165) is 77.3 Å². The molecule has 0 radical (unpaired) electrons. The molecule has 0 bridgehead atoms. The van der Waals surface area contributed by atoms with E-state index in [-0.39, 0.29) is 30.7 Å². The zero-order valence-corrected chi connectivity index (χ0v) is 51.1. The Labute approximate surface area is 521 Å². The first-order chi connectivity index (χ1) is 43.7. The molecule has 0 unspecified atom stereocenters. The van der Waals surface area contributed by atoms with Crippen LogP contribution in [0.1, 0.15) is 98.8 Å². The second-order valence-corrected chi connectivity index (χ2v) is 23.2. The average Bonchev–Trinajstić information content (AvgIpc) is 1.51. The minimum atomic E-state index is -4.43. The van der Waals surface area contributed by atoms with Crippen LogP contribution in [0.25, 0.3) is 67.5 Å². The molecule has 12 rings (SSSR count). The van der Waals surface area contributed by atoms with Crippen molar-refractivity contribution >= 4 is 23.4 Å². The molecule has 5 aromatic heterocycles. The lowest BCUT2D eigenvalue weighted by molar-refractivity contribution is -0.142. The predicted molar refractivity (Wildman–Crippen MR) is 334 cm³/mol. The number of aliphatic hydroxyl groups is 1. The van der Waals surface area contributed by atoms with Crippen LogP contribution in [0.5, 0.6) is 0 Å². The number of hydrogen-bond acceptors (Lipinski definition) is 12. The molecule has 17 nitrogen and oxygen atoms in total. The number of amides is 4. The zero-order valence-electron chi connectivity index (χ0n) is 51.1. The highest BCUT2D eigenvalue weighted by Gasteiger charge is 2.33. The third kappa shape index (κ3) is 12.9. The van der Waals surface area contributed by atoms with Gasteiger partial charge in [0.25, 0.3) is 6.43 Å². The number of halogens is 5. The highest BCUT2D eigenvalue weighted by molar-refractivity contribution is 5.92. The molecule has 10 aromatic rings. The zero-order chi connectivity index (χ0) is 64.0. The Balaban J connectivity index is 0.815. The van der Waals surface area contributed by atoms with Gasteiger partial charge >= 0.3 is 18.2 Å². The van der Waals surface area contributed by atoms with Crippen molar-refractivity contribution in [2.75, 3.05) is 23.7 Å². The Morgan fingerprint density at radius 2 is 1.19 bits per heavy atom. The van der Waals surface area contributed by atoms with Crippen LogP contribution in [0.4, 0.5) is 42.9 Å². The average molecular weight is 1240 g/mol. The summed E-state index contributed by atoms with van der Waals surface area (Å²) >= 11 is 0. The van der Waals surface area contributed by atoms with Gasteiger partial charge in [0.2, 0.25) is 0 Å². The molecule has 0 saturated carbocycles. The van der Waals surface area contributed by atoms with Crippen LogP contribution in [0, 0.1) is 34.6 Å². The number of nitrogens with zero attached hydrogens (tertiary/aromatic N) is 10. The van der Waals surface area contributed by atoms with Crippen molar-refractivity contribution in [2.24, 2.45) is 0 Å².